The van der Waals surface area contributed by atoms with Gasteiger partial charge in [-0.05, 0) is 43.5 Å². The van der Waals surface area contributed by atoms with Crippen molar-refractivity contribution in [3.63, 3.8) is 0 Å². The van der Waals surface area contributed by atoms with Crippen molar-refractivity contribution in [3.05, 3.63) is 39.9 Å². The third-order valence-electron chi connectivity index (χ3n) is 3.29. The van der Waals surface area contributed by atoms with Crippen LogP contribution >= 0.6 is 11.3 Å². The fourth-order valence-electron chi connectivity index (χ4n) is 2.01. The van der Waals surface area contributed by atoms with E-state index >= 15 is 0 Å². The molecule has 0 atom stereocenters. The molecule has 1 aromatic heterocycles. The number of carbonyl (C=O) groups is 1. The molecule has 2 aromatic rings. The van der Waals surface area contributed by atoms with E-state index in [1.165, 1.54) is 11.3 Å². The number of hydrogen-bond acceptors (Lipinski definition) is 4. The molecule has 2 rings (SSSR count). The van der Waals surface area contributed by atoms with Crippen molar-refractivity contribution in [2.75, 3.05) is 12.4 Å². The molecule has 4 nitrogen and oxygen atoms in total. The standard InChI is InChI=1S/C15H18N2O2S/c1-9-8-20-15(16-9)17-14(18)7-12-5-6-13(19-4)11(3)10(12)2/h5-6,8H,7H2,1-4H3,(H,16,17,18). The lowest BCUT2D eigenvalue weighted by Crippen LogP contribution is -2.15. The summed E-state index contributed by atoms with van der Waals surface area (Å²) in [7, 11) is 1.65. The fraction of sp³-hybridized carbons (Fsp3) is 0.333. The number of rotatable bonds is 4. The molecule has 1 amide bonds. The number of anilines is 1. The van der Waals surface area contributed by atoms with E-state index in [1.807, 2.05) is 38.3 Å². The molecule has 0 unspecified atom stereocenters. The summed E-state index contributed by atoms with van der Waals surface area (Å²) >= 11 is 1.44. The van der Waals surface area contributed by atoms with Crippen molar-refractivity contribution >= 4 is 22.4 Å². The molecule has 0 radical (unpaired) electrons. The molecule has 0 bridgehead atoms. The Morgan fingerprint density at radius 2 is 2.05 bits per heavy atom. The normalized spacial score (nSPS) is 10.4. The number of hydrogen-bond donors (Lipinski definition) is 1. The zero-order chi connectivity index (χ0) is 14.7. The van der Waals surface area contributed by atoms with E-state index < -0.39 is 0 Å². The van der Waals surface area contributed by atoms with Crippen LogP contribution in [-0.2, 0) is 11.2 Å². The van der Waals surface area contributed by atoms with Gasteiger partial charge in [-0.15, -0.1) is 11.3 Å². The molecule has 0 aliphatic carbocycles. The summed E-state index contributed by atoms with van der Waals surface area (Å²) < 4.78 is 5.28. The van der Waals surface area contributed by atoms with Crippen molar-refractivity contribution in [2.24, 2.45) is 0 Å². The van der Waals surface area contributed by atoms with Gasteiger partial charge in [0.25, 0.3) is 0 Å². The average Bonchev–Trinajstić information content (AvgIpc) is 2.80. The molecule has 0 aliphatic heterocycles. The second kappa shape index (κ2) is 6.05. The van der Waals surface area contributed by atoms with Gasteiger partial charge < -0.3 is 10.1 Å². The van der Waals surface area contributed by atoms with Gasteiger partial charge in [-0.3, -0.25) is 4.79 Å². The largest absolute Gasteiger partial charge is 0.496 e. The number of amides is 1. The molecule has 1 aromatic carbocycles. The summed E-state index contributed by atoms with van der Waals surface area (Å²) in [5.41, 5.74) is 4.09. The number of ether oxygens (including phenoxy) is 1. The number of aromatic nitrogens is 1. The van der Waals surface area contributed by atoms with Crippen molar-refractivity contribution in [1.29, 1.82) is 0 Å². The van der Waals surface area contributed by atoms with Gasteiger partial charge in [0, 0.05) is 5.38 Å². The highest BCUT2D eigenvalue weighted by atomic mass is 32.1. The maximum Gasteiger partial charge on any atom is 0.230 e. The van der Waals surface area contributed by atoms with Crippen LogP contribution < -0.4 is 10.1 Å². The van der Waals surface area contributed by atoms with E-state index in [1.54, 1.807) is 7.11 Å². The fourth-order valence-corrected chi connectivity index (χ4v) is 2.72. The van der Waals surface area contributed by atoms with E-state index in [4.69, 9.17) is 4.74 Å². The van der Waals surface area contributed by atoms with Crippen LogP contribution in [-0.4, -0.2) is 18.0 Å². The minimum absolute atomic E-state index is 0.0491. The lowest BCUT2D eigenvalue weighted by molar-refractivity contribution is -0.115. The van der Waals surface area contributed by atoms with Crippen LogP contribution in [0.1, 0.15) is 22.4 Å². The molecule has 0 saturated carbocycles. The summed E-state index contributed by atoms with van der Waals surface area (Å²) in [6.45, 7) is 5.91. The van der Waals surface area contributed by atoms with Gasteiger partial charge in [-0.1, -0.05) is 6.07 Å². The molecular weight excluding hydrogens is 272 g/mol. The second-order valence-corrected chi connectivity index (χ2v) is 5.55. The van der Waals surface area contributed by atoms with Crippen molar-refractivity contribution in [2.45, 2.75) is 27.2 Å². The van der Waals surface area contributed by atoms with E-state index in [-0.39, 0.29) is 5.91 Å². The van der Waals surface area contributed by atoms with Gasteiger partial charge in [0.15, 0.2) is 5.13 Å². The number of nitrogens with zero attached hydrogens (tertiary/aromatic N) is 1. The van der Waals surface area contributed by atoms with Crippen LogP contribution in [0.4, 0.5) is 5.13 Å². The molecular formula is C15H18N2O2S. The Morgan fingerprint density at radius 1 is 1.30 bits per heavy atom. The van der Waals surface area contributed by atoms with E-state index in [0.717, 1.165) is 28.1 Å². The van der Waals surface area contributed by atoms with E-state index in [9.17, 15) is 4.79 Å². The quantitative estimate of drug-likeness (QED) is 0.940. The van der Waals surface area contributed by atoms with Gasteiger partial charge in [-0.25, -0.2) is 4.98 Å². The topological polar surface area (TPSA) is 51.2 Å². The molecule has 20 heavy (non-hydrogen) atoms. The van der Waals surface area contributed by atoms with Crippen molar-refractivity contribution < 1.29 is 9.53 Å². The smallest absolute Gasteiger partial charge is 0.230 e. The third kappa shape index (κ3) is 3.17. The van der Waals surface area contributed by atoms with Crippen LogP contribution in [0, 0.1) is 20.8 Å². The molecule has 1 N–H and O–H groups in total. The predicted octanol–water partition coefficient (Wildman–Crippen LogP) is 3.26. The van der Waals surface area contributed by atoms with Crippen LogP contribution in [0.3, 0.4) is 0 Å². The van der Waals surface area contributed by atoms with Crippen molar-refractivity contribution in [1.82, 2.24) is 4.98 Å². The lowest BCUT2D eigenvalue weighted by Gasteiger charge is -2.12. The second-order valence-electron chi connectivity index (χ2n) is 4.70. The number of carbonyl (C=O) groups excluding carboxylic acids is 1. The molecule has 0 saturated heterocycles. The minimum atomic E-state index is -0.0491. The van der Waals surface area contributed by atoms with Gasteiger partial charge in [0.05, 0.1) is 19.2 Å². The van der Waals surface area contributed by atoms with Gasteiger partial charge in [0.2, 0.25) is 5.91 Å². The first-order chi connectivity index (χ1) is 9.51. The molecule has 0 aliphatic rings. The Kier molecular flexibility index (Phi) is 4.39. The summed E-state index contributed by atoms with van der Waals surface area (Å²) in [6.07, 6.45) is 0.343. The average molecular weight is 290 g/mol. The Bertz CT molecular complexity index is 635. The highest BCUT2D eigenvalue weighted by molar-refractivity contribution is 7.13. The first kappa shape index (κ1) is 14.5. The number of thiazole rings is 1. The molecule has 0 fully saturated rings. The Hall–Kier alpha value is -1.88. The lowest BCUT2D eigenvalue weighted by atomic mass is 10.00. The van der Waals surface area contributed by atoms with E-state index in [2.05, 4.69) is 10.3 Å². The van der Waals surface area contributed by atoms with Gasteiger partial charge in [0.1, 0.15) is 5.75 Å². The third-order valence-corrected chi connectivity index (χ3v) is 4.16. The minimum Gasteiger partial charge on any atom is -0.496 e. The zero-order valence-electron chi connectivity index (χ0n) is 12.1. The maximum absolute atomic E-state index is 12.0. The van der Waals surface area contributed by atoms with Gasteiger partial charge in [-0.2, -0.15) is 0 Å². The van der Waals surface area contributed by atoms with Crippen LogP contribution in [0.25, 0.3) is 0 Å². The molecule has 106 valence electrons. The van der Waals surface area contributed by atoms with Crippen LogP contribution in [0.5, 0.6) is 5.75 Å². The first-order valence-corrected chi connectivity index (χ1v) is 7.24. The van der Waals surface area contributed by atoms with Crippen molar-refractivity contribution in [3.8, 4) is 5.75 Å². The van der Waals surface area contributed by atoms with Crippen LogP contribution in [0.15, 0.2) is 17.5 Å². The Labute approximate surface area is 122 Å². The zero-order valence-corrected chi connectivity index (χ0v) is 12.9. The summed E-state index contributed by atoms with van der Waals surface area (Å²) in [5.74, 6) is 0.800. The molecule has 1 heterocycles. The summed E-state index contributed by atoms with van der Waals surface area (Å²) in [4.78, 5) is 16.3. The maximum atomic E-state index is 12.0. The Morgan fingerprint density at radius 3 is 2.65 bits per heavy atom. The van der Waals surface area contributed by atoms with E-state index in [0.29, 0.717) is 11.6 Å². The highest BCUT2D eigenvalue weighted by Crippen LogP contribution is 2.24. The predicted molar refractivity (Wildman–Crippen MR) is 81.7 cm³/mol. The highest BCUT2D eigenvalue weighted by Gasteiger charge is 2.11. The SMILES string of the molecule is COc1ccc(CC(=O)Nc2nc(C)cs2)c(C)c1C. The monoisotopic (exact) mass is 290 g/mol. The number of benzene rings is 1. The summed E-state index contributed by atoms with van der Waals surface area (Å²) in [6, 6.07) is 3.84. The number of nitrogens with one attached hydrogen (secondary N) is 1. The van der Waals surface area contributed by atoms with Gasteiger partial charge >= 0.3 is 0 Å². The Balaban J connectivity index is 2.10. The number of methoxy groups -OCH3 is 1. The first-order valence-electron chi connectivity index (χ1n) is 6.36. The number of aryl methyl sites for hydroxylation is 1. The molecule has 0 spiro atoms. The van der Waals surface area contributed by atoms with Crippen LogP contribution in [0.2, 0.25) is 0 Å². The summed E-state index contributed by atoms with van der Waals surface area (Å²) in [5, 5.41) is 5.39. The molecule has 5 heteroatoms.